The van der Waals surface area contributed by atoms with Crippen molar-refractivity contribution in [3.63, 3.8) is 0 Å². The molecule has 1 aromatic rings. The summed E-state index contributed by atoms with van der Waals surface area (Å²) in [6, 6.07) is 3.61. The second kappa shape index (κ2) is 4.27. The number of carbonyl (C=O) groups excluding carboxylic acids is 1. The van der Waals surface area contributed by atoms with Crippen LogP contribution in [0.2, 0.25) is 5.22 Å². The average Bonchev–Trinajstić information content (AvgIpc) is 3.08. The number of amides is 1. The number of halogens is 1. The summed E-state index contributed by atoms with van der Waals surface area (Å²) >= 11 is 5.71. The molecule has 1 amide bonds. The highest BCUT2D eigenvalue weighted by atomic mass is 35.5. The number of furan rings is 1. The molecule has 0 aromatic carbocycles. The molecule has 1 aromatic heterocycles. The van der Waals surface area contributed by atoms with Crippen LogP contribution in [0.3, 0.4) is 0 Å². The molecular weight excluding hydrogens is 262 g/mol. The minimum atomic E-state index is -0.112. The number of hydrogen-bond acceptors (Lipinski definition) is 2. The van der Waals surface area contributed by atoms with Crippen molar-refractivity contribution in [1.82, 2.24) is 5.32 Å². The quantitative estimate of drug-likeness (QED) is 0.900. The summed E-state index contributed by atoms with van der Waals surface area (Å²) in [5.74, 6) is 3.59. The van der Waals surface area contributed by atoms with Gasteiger partial charge in [0.2, 0.25) is 0 Å². The molecule has 4 heteroatoms. The normalized spacial score (nSPS) is 39.5. The second-order valence-corrected chi connectivity index (χ2v) is 6.71. The van der Waals surface area contributed by atoms with Gasteiger partial charge in [-0.2, -0.15) is 0 Å². The minimum Gasteiger partial charge on any atom is -0.440 e. The van der Waals surface area contributed by atoms with Gasteiger partial charge in [-0.1, -0.05) is 6.42 Å². The van der Waals surface area contributed by atoms with Gasteiger partial charge in [-0.25, -0.2) is 0 Å². The zero-order valence-corrected chi connectivity index (χ0v) is 11.5. The minimum absolute atomic E-state index is 0.112. The van der Waals surface area contributed by atoms with E-state index in [1.54, 1.807) is 12.1 Å². The summed E-state index contributed by atoms with van der Waals surface area (Å²) in [6.07, 6.45) is 6.65. The maximum absolute atomic E-state index is 12.1. The maximum Gasteiger partial charge on any atom is 0.287 e. The topological polar surface area (TPSA) is 42.2 Å². The summed E-state index contributed by atoms with van der Waals surface area (Å²) < 4.78 is 5.18. The van der Waals surface area contributed by atoms with Crippen LogP contribution in [0.15, 0.2) is 16.5 Å². The van der Waals surface area contributed by atoms with Gasteiger partial charge in [0.15, 0.2) is 11.0 Å². The van der Waals surface area contributed by atoms with Gasteiger partial charge >= 0.3 is 0 Å². The first-order valence-electron chi connectivity index (χ1n) is 7.28. The van der Waals surface area contributed by atoms with Gasteiger partial charge in [0.1, 0.15) is 0 Å². The average molecular weight is 280 g/mol. The predicted octanol–water partition coefficient (Wildman–Crippen LogP) is 3.49. The summed E-state index contributed by atoms with van der Waals surface area (Å²) in [6.45, 7) is 0. The Hall–Kier alpha value is -0.960. The van der Waals surface area contributed by atoms with E-state index in [0.717, 1.165) is 24.2 Å². The monoisotopic (exact) mass is 279 g/mol. The molecule has 1 heterocycles. The van der Waals surface area contributed by atoms with Crippen LogP contribution in [-0.4, -0.2) is 11.9 Å². The Morgan fingerprint density at radius 2 is 2.05 bits per heavy atom. The molecule has 0 spiro atoms. The highest BCUT2D eigenvalue weighted by molar-refractivity contribution is 6.29. The molecule has 3 aliphatic carbocycles. The lowest BCUT2D eigenvalue weighted by molar-refractivity contribution is 0.0873. The van der Waals surface area contributed by atoms with Crippen molar-refractivity contribution >= 4 is 17.5 Å². The predicted molar refractivity (Wildman–Crippen MR) is 72.0 cm³/mol. The highest BCUT2D eigenvalue weighted by Crippen LogP contribution is 2.58. The summed E-state index contributed by atoms with van der Waals surface area (Å²) in [5, 5.41) is 3.43. The Morgan fingerprint density at radius 3 is 2.84 bits per heavy atom. The largest absolute Gasteiger partial charge is 0.440 e. The molecule has 5 unspecified atom stereocenters. The number of carbonyl (C=O) groups is 1. The third-order valence-electron chi connectivity index (χ3n) is 5.54. The lowest BCUT2D eigenvalue weighted by Gasteiger charge is -2.31. The molecular formula is C15H18ClNO2. The van der Waals surface area contributed by atoms with Crippen LogP contribution in [0.1, 0.15) is 42.7 Å². The highest BCUT2D eigenvalue weighted by Gasteiger charge is 2.54. The van der Waals surface area contributed by atoms with Crippen molar-refractivity contribution in [3.8, 4) is 0 Å². The van der Waals surface area contributed by atoms with Gasteiger partial charge in [0.05, 0.1) is 0 Å². The first-order chi connectivity index (χ1) is 9.22. The molecule has 3 fully saturated rings. The van der Waals surface area contributed by atoms with E-state index in [4.69, 9.17) is 16.0 Å². The van der Waals surface area contributed by atoms with E-state index in [1.807, 2.05) is 0 Å². The lowest BCUT2D eigenvalue weighted by Crippen LogP contribution is -2.42. The Morgan fingerprint density at radius 1 is 1.21 bits per heavy atom. The molecule has 0 saturated heterocycles. The Bertz CT molecular complexity index is 512. The van der Waals surface area contributed by atoms with Crippen molar-refractivity contribution in [3.05, 3.63) is 23.1 Å². The standard InChI is InChI=1S/C15H18ClNO2/c16-14-5-4-13(19-14)15(18)17-12-7-8-6-11(12)10-3-1-2-9(8)10/h4-5,8-12H,1-3,6-7H2,(H,17,18). The fourth-order valence-corrected chi connectivity index (χ4v) is 5.06. The van der Waals surface area contributed by atoms with E-state index in [2.05, 4.69) is 5.32 Å². The fourth-order valence-electron chi connectivity index (χ4n) is 4.91. The number of fused-ring (bicyclic) bond motifs is 5. The molecule has 4 rings (SSSR count). The van der Waals surface area contributed by atoms with Gasteiger partial charge in [-0.05, 0) is 73.1 Å². The summed E-state index contributed by atoms with van der Waals surface area (Å²) in [5.41, 5.74) is 0. The molecule has 5 atom stereocenters. The zero-order valence-electron chi connectivity index (χ0n) is 10.8. The zero-order chi connectivity index (χ0) is 13.0. The Balaban J connectivity index is 1.46. The van der Waals surface area contributed by atoms with Crippen molar-refractivity contribution in [2.24, 2.45) is 23.7 Å². The van der Waals surface area contributed by atoms with Crippen molar-refractivity contribution in [1.29, 1.82) is 0 Å². The smallest absolute Gasteiger partial charge is 0.287 e. The molecule has 3 saturated carbocycles. The van der Waals surface area contributed by atoms with E-state index in [-0.39, 0.29) is 11.1 Å². The number of nitrogens with one attached hydrogen (secondary N) is 1. The number of rotatable bonds is 2. The van der Waals surface area contributed by atoms with Crippen molar-refractivity contribution in [2.45, 2.75) is 38.1 Å². The van der Waals surface area contributed by atoms with Crippen LogP contribution in [0.5, 0.6) is 0 Å². The van der Waals surface area contributed by atoms with Crippen LogP contribution in [0.4, 0.5) is 0 Å². The Labute approximate surface area is 117 Å². The van der Waals surface area contributed by atoms with Gasteiger partial charge < -0.3 is 9.73 Å². The molecule has 102 valence electrons. The van der Waals surface area contributed by atoms with Gasteiger partial charge in [0, 0.05) is 6.04 Å². The third-order valence-corrected chi connectivity index (χ3v) is 5.75. The van der Waals surface area contributed by atoms with E-state index < -0.39 is 0 Å². The number of hydrogen-bond donors (Lipinski definition) is 1. The molecule has 1 N–H and O–H groups in total. The maximum atomic E-state index is 12.1. The van der Waals surface area contributed by atoms with E-state index in [0.29, 0.717) is 17.7 Å². The van der Waals surface area contributed by atoms with E-state index in [1.165, 1.54) is 25.7 Å². The van der Waals surface area contributed by atoms with Crippen LogP contribution in [0, 0.1) is 23.7 Å². The lowest BCUT2D eigenvalue weighted by atomic mass is 9.79. The van der Waals surface area contributed by atoms with Crippen LogP contribution >= 0.6 is 11.6 Å². The fraction of sp³-hybridized carbons (Fsp3) is 0.667. The van der Waals surface area contributed by atoms with Gasteiger partial charge in [-0.3, -0.25) is 4.79 Å². The summed E-state index contributed by atoms with van der Waals surface area (Å²) in [4.78, 5) is 12.1. The first-order valence-corrected chi connectivity index (χ1v) is 7.66. The first kappa shape index (κ1) is 11.8. The SMILES string of the molecule is O=C(NC1CC2CC1C1CCCC21)c1ccc(Cl)o1. The van der Waals surface area contributed by atoms with Crippen LogP contribution in [-0.2, 0) is 0 Å². The van der Waals surface area contributed by atoms with Crippen LogP contribution in [0.25, 0.3) is 0 Å². The van der Waals surface area contributed by atoms with E-state index in [9.17, 15) is 4.79 Å². The van der Waals surface area contributed by atoms with E-state index >= 15 is 0 Å². The summed E-state index contributed by atoms with van der Waals surface area (Å²) in [7, 11) is 0. The molecule has 2 bridgehead atoms. The van der Waals surface area contributed by atoms with Gasteiger partial charge in [0.25, 0.3) is 5.91 Å². The molecule has 19 heavy (non-hydrogen) atoms. The van der Waals surface area contributed by atoms with Crippen molar-refractivity contribution < 1.29 is 9.21 Å². The molecule has 0 aliphatic heterocycles. The second-order valence-electron chi connectivity index (χ2n) is 6.34. The Kier molecular flexibility index (Phi) is 2.66. The van der Waals surface area contributed by atoms with Crippen molar-refractivity contribution in [2.75, 3.05) is 0 Å². The molecule has 0 radical (unpaired) electrons. The molecule has 3 aliphatic rings. The molecule has 3 nitrogen and oxygen atoms in total. The van der Waals surface area contributed by atoms with Crippen LogP contribution < -0.4 is 5.32 Å². The third kappa shape index (κ3) is 1.82. The van der Waals surface area contributed by atoms with Gasteiger partial charge in [-0.15, -0.1) is 0 Å².